The van der Waals surface area contributed by atoms with E-state index in [9.17, 15) is 4.79 Å². The number of benzene rings is 1. The highest BCUT2D eigenvalue weighted by Gasteiger charge is 2.23. The van der Waals surface area contributed by atoms with Crippen LogP contribution in [-0.4, -0.2) is 52.0 Å². The second-order valence-corrected chi connectivity index (χ2v) is 5.97. The number of hydrogen-bond donors (Lipinski definition) is 0. The van der Waals surface area contributed by atoms with Gasteiger partial charge in [0.1, 0.15) is 0 Å². The standard InChI is InChI=1S/C16H19ClN4O2/c1-2-14-18-15(23-19-14)11-20-6-8-21(9-7-20)16(22)12-4-3-5-13(17)10-12/h3-5,10H,2,6-9,11H2,1H3. The van der Waals surface area contributed by atoms with Crippen molar-refractivity contribution in [2.45, 2.75) is 19.9 Å². The van der Waals surface area contributed by atoms with E-state index < -0.39 is 0 Å². The summed E-state index contributed by atoms with van der Waals surface area (Å²) in [5, 5.41) is 4.48. The molecule has 0 bridgehead atoms. The van der Waals surface area contributed by atoms with Crippen LogP contribution in [0.5, 0.6) is 0 Å². The van der Waals surface area contributed by atoms with Gasteiger partial charge in [0.25, 0.3) is 5.91 Å². The third kappa shape index (κ3) is 3.89. The Morgan fingerprint density at radius 2 is 2.09 bits per heavy atom. The van der Waals surface area contributed by atoms with Crippen molar-refractivity contribution in [3.05, 3.63) is 46.6 Å². The van der Waals surface area contributed by atoms with E-state index in [0.29, 0.717) is 36.1 Å². The molecule has 6 nitrogen and oxygen atoms in total. The van der Waals surface area contributed by atoms with Gasteiger partial charge in [0.05, 0.1) is 6.54 Å². The van der Waals surface area contributed by atoms with E-state index in [1.165, 1.54) is 0 Å². The quantitative estimate of drug-likeness (QED) is 0.858. The van der Waals surface area contributed by atoms with Gasteiger partial charge in [-0.1, -0.05) is 29.7 Å². The highest BCUT2D eigenvalue weighted by molar-refractivity contribution is 6.30. The van der Waals surface area contributed by atoms with Crippen molar-refractivity contribution in [3.63, 3.8) is 0 Å². The van der Waals surface area contributed by atoms with E-state index in [1.54, 1.807) is 24.3 Å². The molecule has 0 spiro atoms. The minimum atomic E-state index is 0.0261. The summed E-state index contributed by atoms with van der Waals surface area (Å²) in [5.74, 6) is 1.39. The maximum absolute atomic E-state index is 12.5. The van der Waals surface area contributed by atoms with E-state index in [0.717, 1.165) is 25.3 Å². The topological polar surface area (TPSA) is 62.5 Å². The van der Waals surface area contributed by atoms with E-state index in [4.69, 9.17) is 16.1 Å². The Kier molecular flexibility index (Phi) is 4.93. The third-order valence-electron chi connectivity index (χ3n) is 3.92. The minimum absolute atomic E-state index is 0.0261. The number of piperazine rings is 1. The maximum atomic E-state index is 12.5. The van der Waals surface area contributed by atoms with Crippen LogP contribution < -0.4 is 0 Å². The van der Waals surface area contributed by atoms with Crippen molar-refractivity contribution in [1.29, 1.82) is 0 Å². The van der Waals surface area contributed by atoms with Gasteiger partial charge >= 0.3 is 0 Å². The molecule has 1 amide bonds. The molecule has 2 aromatic rings. The molecule has 0 radical (unpaired) electrons. The van der Waals surface area contributed by atoms with E-state index in [2.05, 4.69) is 15.0 Å². The minimum Gasteiger partial charge on any atom is -0.338 e. The summed E-state index contributed by atoms with van der Waals surface area (Å²) < 4.78 is 5.22. The Balaban J connectivity index is 1.54. The number of carbonyl (C=O) groups excluding carboxylic acids is 1. The fourth-order valence-electron chi connectivity index (χ4n) is 2.60. The molecular formula is C16H19ClN4O2. The van der Waals surface area contributed by atoms with Gasteiger partial charge in [-0.25, -0.2) is 0 Å². The summed E-state index contributed by atoms with van der Waals surface area (Å²) in [6.07, 6.45) is 0.769. The number of aryl methyl sites for hydroxylation is 1. The SMILES string of the molecule is CCc1noc(CN2CCN(C(=O)c3cccc(Cl)c3)CC2)n1. The monoisotopic (exact) mass is 334 g/mol. The first-order chi connectivity index (χ1) is 11.2. The normalized spacial score (nSPS) is 15.8. The number of nitrogens with zero attached hydrogens (tertiary/aromatic N) is 4. The summed E-state index contributed by atoms with van der Waals surface area (Å²) in [7, 11) is 0. The number of amides is 1. The van der Waals surface area contributed by atoms with Crippen molar-refractivity contribution in [2.24, 2.45) is 0 Å². The van der Waals surface area contributed by atoms with Crippen LogP contribution in [0, 0.1) is 0 Å². The van der Waals surface area contributed by atoms with Gasteiger partial charge in [0.15, 0.2) is 5.82 Å². The average molecular weight is 335 g/mol. The van der Waals surface area contributed by atoms with E-state index >= 15 is 0 Å². The van der Waals surface area contributed by atoms with Crippen molar-refractivity contribution >= 4 is 17.5 Å². The molecule has 7 heteroatoms. The van der Waals surface area contributed by atoms with Gasteiger partial charge in [0, 0.05) is 43.2 Å². The number of halogens is 1. The Labute approximate surface area is 140 Å². The summed E-state index contributed by atoms with van der Waals surface area (Å²) in [5.41, 5.74) is 0.635. The Hall–Kier alpha value is -1.92. The number of rotatable bonds is 4. The van der Waals surface area contributed by atoms with Gasteiger partial charge in [-0.3, -0.25) is 9.69 Å². The molecule has 1 aliphatic rings. The highest BCUT2D eigenvalue weighted by atomic mass is 35.5. The molecule has 0 atom stereocenters. The summed E-state index contributed by atoms with van der Waals surface area (Å²) in [6.45, 7) is 5.56. The lowest BCUT2D eigenvalue weighted by molar-refractivity contribution is 0.0615. The van der Waals surface area contributed by atoms with E-state index in [1.807, 2.05) is 11.8 Å². The summed E-state index contributed by atoms with van der Waals surface area (Å²) in [4.78, 5) is 20.9. The van der Waals surface area contributed by atoms with Gasteiger partial charge in [-0.05, 0) is 18.2 Å². The fourth-order valence-corrected chi connectivity index (χ4v) is 2.79. The van der Waals surface area contributed by atoms with Crippen LogP contribution in [0.15, 0.2) is 28.8 Å². The second-order valence-electron chi connectivity index (χ2n) is 5.54. The van der Waals surface area contributed by atoms with Gasteiger partial charge in [-0.2, -0.15) is 4.98 Å². The summed E-state index contributed by atoms with van der Waals surface area (Å²) >= 11 is 5.95. The molecule has 23 heavy (non-hydrogen) atoms. The summed E-state index contributed by atoms with van der Waals surface area (Å²) in [6, 6.07) is 7.07. The van der Waals surface area contributed by atoms with Gasteiger partial charge in [-0.15, -0.1) is 0 Å². The Bertz CT molecular complexity index is 680. The van der Waals surface area contributed by atoms with Crippen LogP contribution in [0.1, 0.15) is 29.0 Å². The smallest absolute Gasteiger partial charge is 0.253 e. The van der Waals surface area contributed by atoms with Crippen molar-refractivity contribution in [2.75, 3.05) is 26.2 Å². The Morgan fingerprint density at radius 1 is 1.30 bits per heavy atom. The van der Waals surface area contributed by atoms with Crippen molar-refractivity contribution in [3.8, 4) is 0 Å². The van der Waals surface area contributed by atoms with Crippen LogP contribution in [0.2, 0.25) is 5.02 Å². The molecule has 122 valence electrons. The van der Waals surface area contributed by atoms with Crippen molar-refractivity contribution < 1.29 is 9.32 Å². The molecule has 1 aliphatic heterocycles. The average Bonchev–Trinajstić information content (AvgIpc) is 3.02. The number of aromatic nitrogens is 2. The van der Waals surface area contributed by atoms with Gasteiger partial charge in [0.2, 0.25) is 5.89 Å². The van der Waals surface area contributed by atoms with Crippen LogP contribution >= 0.6 is 11.6 Å². The lowest BCUT2D eigenvalue weighted by atomic mass is 10.2. The number of hydrogen-bond acceptors (Lipinski definition) is 5. The number of carbonyl (C=O) groups is 1. The lowest BCUT2D eigenvalue weighted by Crippen LogP contribution is -2.48. The first kappa shape index (κ1) is 16.0. The molecule has 1 fully saturated rings. The predicted octanol–water partition coefficient (Wildman–Crippen LogP) is 2.24. The molecule has 3 rings (SSSR count). The van der Waals surface area contributed by atoms with Crippen LogP contribution in [0.4, 0.5) is 0 Å². The van der Waals surface area contributed by atoms with Crippen LogP contribution in [0.25, 0.3) is 0 Å². The zero-order valence-corrected chi connectivity index (χ0v) is 13.8. The fraction of sp³-hybridized carbons (Fsp3) is 0.438. The molecule has 2 heterocycles. The Morgan fingerprint density at radius 3 is 2.74 bits per heavy atom. The molecule has 0 saturated carbocycles. The molecule has 1 saturated heterocycles. The molecule has 0 unspecified atom stereocenters. The first-order valence-corrected chi connectivity index (χ1v) is 8.12. The second kappa shape index (κ2) is 7.10. The third-order valence-corrected chi connectivity index (χ3v) is 4.15. The first-order valence-electron chi connectivity index (χ1n) is 7.74. The van der Waals surface area contributed by atoms with Crippen LogP contribution in [-0.2, 0) is 13.0 Å². The van der Waals surface area contributed by atoms with Crippen LogP contribution in [0.3, 0.4) is 0 Å². The molecule has 1 aromatic carbocycles. The highest BCUT2D eigenvalue weighted by Crippen LogP contribution is 2.15. The van der Waals surface area contributed by atoms with Gasteiger partial charge < -0.3 is 9.42 Å². The largest absolute Gasteiger partial charge is 0.338 e. The molecule has 0 N–H and O–H groups in total. The van der Waals surface area contributed by atoms with E-state index in [-0.39, 0.29) is 5.91 Å². The zero-order chi connectivity index (χ0) is 16.2. The predicted molar refractivity (Wildman–Crippen MR) is 86.3 cm³/mol. The molecule has 0 aliphatic carbocycles. The molecular weight excluding hydrogens is 316 g/mol. The molecule has 1 aromatic heterocycles. The maximum Gasteiger partial charge on any atom is 0.253 e. The lowest BCUT2D eigenvalue weighted by Gasteiger charge is -2.34. The zero-order valence-electron chi connectivity index (χ0n) is 13.0. The van der Waals surface area contributed by atoms with Crippen molar-refractivity contribution in [1.82, 2.24) is 19.9 Å².